The van der Waals surface area contributed by atoms with Gasteiger partial charge in [0.2, 0.25) is 17.2 Å². The fourth-order valence-corrected chi connectivity index (χ4v) is 1.85. The summed E-state index contributed by atoms with van der Waals surface area (Å²) in [6.07, 6.45) is 0.984. The molecule has 6 nitrogen and oxygen atoms in total. The Labute approximate surface area is 129 Å². The number of nitrogens with one attached hydrogen (secondary N) is 2. The lowest BCUT2D eigenvalue weighted by Gasteiger charge is -2.13. The van der Waals surface area contributed by atoms with Gasteiger partial charge in [0.05, 0.1) is 0 Å². The van der Waals surface area contributed by atoms with E-state index in [2.05, 4.69) is 32.5 Å². The van der Waals surface area contributed by atoms with Crippen molar-refractivity contribution >= 4 is 34.9 Å². The summed E-state index contributed by atoms with van der Waals surface area (Å²) >= 11 is 5.91. The fraction of sp³-hybridized carbons (Fsp3) is 0.357. The van der Waals surface area contributed by atoms with Crippen molar-refractivity contribution in [1.29, 1.82) is 0 Å². The molecule has 0 radical (unpaired) electrons. The molecule has 0 spiro atoms. The first-order valence-corrected chi connectivity index (χ1v) is 7.16. The van der Waals surface area contributed by atoms with Gasteiger partial charge in [-0.2, -0.15) is 15.0 Å². The summed E-state index contributed by atoms with van der Waals surface area (Å²) in [5, 5.41) is 6.38. The number of anilines is 4. The summed E-state index contributed by atoms with van der Waals surface area (Å²) < 4.78 is 0. The average Bonchev–Trinajstić information content (AvgIpc) is 2.45. The second kappa shape index (κ2) is 7.08. The van der Waals surface area contributed by atoms with Crippen LogP contribution in [0.5, 0.6) is 0 Å². The zero-order chi connectivity index (χ0) is 15.2. The number of hydrogen-bond acceptors (Lipinski definition) is 6. The fourth-order valence-electron chi connectivity index (χ4n) is 1.69. The Kier molecular flexibility index (Phi) is 5.16. The predicted octanol–water partition coefficient (Wildman–Crippen LogP) is 3.16. The van der Waals surface area contributed by atoms with E-state index in [0.29, 0.717) is 11.9 Å². The molecule has 0 fully saturated rings. The number of nitrogens with zero attached hydrogens (tertiary/aromatic N) is 4. The number of rotatable bonds is 6. The highest BCUT2D eigenvalue weighted by molar-refractivity contribution is 6.28. The standard InChI is InChI=1S/C14H19ClN6/c1-4-9-16-13-18-12(15)19-14(20-13)17-10-5-7-11(8-6-10)21(2)3/h5-8H,4,9H2,1-3H3,(H2,16,17,18,19,20). The zero-order valence-electron chi connectivity index (χ0n) is 12.4. The Morgan fingerprint density at radius 1 is 1.05 bits per heavy atom. The molecule has 2 rings (SSSR count). The van der Waals surface area contributed by atoms with E-state index in [4.69, 9.17) is 11.6 Å². The summed E-state index contributed by atoms with van der Waals surface area (Å²) in [4.78, 5) is 14.4. The van der Waals surface area contributed by atoms with Crippen molar-refractivity contribution in [3.05, 3.63) is 29.5 Å². The van der Waals surface area contributed by atoms with Gasteiger partial charge in [-0.25, -0.2) is 0 Å². The van der Waals surface area contributed by atoms with Crippen LogP contribution in [0.15, 0.2) is 24.3 Å². The molecule has 1 heterocycles. The minimum Gasteiger partial charge on any atom is -0.378 e. The smallest absolute Gasteiger partial charge is 0.233 e. The summed E-state index contributed by atoms with van der Waals surface area (Å²) in [6.45, 7) is 2.86. The average molecular weight is 307 g/mol. The Morgan fingerprint density at radius 2 is 1.71 bits per heavy atom. The first-order valence-electron chi connectivity index (χ1n) is 6.78. The number of halogens is 1. The van der Waals surface area contributed by atoms with Gasteiger partial charge in [0.1, 0.15) is 0 Å². The molecule has 0 saturated heterocycles. The largest absolute Gasteiger partial charge is 0.378 e. The van der Waals surface area contributed by atoms with Gasteiger partial charge in [0, 0.05) is 32.0 Å². The van der Waals surface area contributed by atoms with Crippen molar-refractivity contribution in [2.24, 2.45) is 0 Å². The molecule has 0 amide bonds. The van der Waals surface area contributed by atoms with Gasteiger partial charge in [-0.1, -0.05) is 6.92 Å². The van der Waals surface area contributed by atoms with Crippen LogP contribution in [0.2, 0.25) is 5.28 Å². The normalized spacial score (nSPS) is 10.3. The van der Waals surface area contributed by atoms with Gasteiger partial charge in [-0.3, -0.25) is 0 Å². The second-order valence-electron chi connectivity index (χ2n) is 4.74. The Bertz CT molecular complexity index is 585. The van der Waals surface area contributed by atoms with Crippen LogP contribution in [0.1, 0.15) is 13.3 Å². The molecule has 1 aromatic heterocycles. The van der Waals surface area contributed by atoms with Gasteiger partial charge in [-0.05, 0) is 42.3 Å². The molecule has 0 atom stereocenters. The van der Waals surface area contributed by atoms with Crippen molar-refractivity contribution in [1.82, 2.24) is 15.0 Å². The van der Waals surface area contributed by atoms with Gasteiger partial charge >= 0.3 is 0 Å². The highest BCUT2D eigenvalue weighted by Crippen LogP contribution is 2.19. The third kappa shape index (κ3) is 4.46. The minimum absolute atomic E-state index is 0.163. The molecule has 0 aliphatic rings. The SMILES string of the molecule is CCCNc1nc(Cl)nc(Nc2ccc(N(C)C)cc2)n1. The van der Waals surface area contributed by atoms with Crippen molar-refractivity contribution in [2.75, 3.05) is 36.2 Å². The van der Waals surface area contributed by atoms with Crippen molar-refractivity contribution in [3.63, 3.8) is 0 Å². The van der Waals surface area contributed by atoms with Crippen molar-refractivity contribution < 1.29 is 0 Å². The molecule has 7 heteroatoms. The quantitative estimate of drug-likeness (QED) is 0.854. The van der Waals surface area contributed by atoms with E-state index in [1.54, 1.807) is 0 Å². The zero-order valence-corrected chi connectivity index (χ0v) is 13.1. The first kappa shape index (κ1) is 15.3. The van der Waals surface area contributed by atoms with Gasteiger partial charge in [0.15, 0.2) is 0 Å². The molecule has 0 aliphatic heterocycles. The van der Waals surface area contributed by atoms with Crippen LogP contribution < -0.4 is 15.5 Å². The Morgan fingerprint density at radius 3 is 2.33 bits per heavy atom. The lowest BCUT2D eigenvalue weighted by molar-refractivity contribution is 0.940. The van der Waals surface area contributed by atoms with Crippen LogP contribution in [-0.2, 0) is 0 Å². The molecule has 0 unspecified atom stereocenters. The molecule has 2 aromatic rings. The molecule has 0 bridgehead atoms. The van der Waals surface area contributed by atoms with Crippen LogP contribution in [0.4, 0.5) is 23.3 Å². The van der Waals surface area contributed by atoms with E-state index in [9.17, 15) is 0 Å². The highest BCUT2D eigenvalue weighted by atomic mass is 35.5. The third-order valence-corrected chi connectivity index (χ3v) is 2.95. The van der Waals surface area contributed by atoms with Crippen LogP contribution in [0.25, 0.3) is 0 Å². The molecule has 0 aliphatic carbocycles. The Balaban J connectivity index is 2.12. The lowest BCUT2D eigenvalue weighted by atomic mass is 10.2. The van der Waals surface area contributed by atoms with Crippen LogP contribution >= 0.6 is 11.6 Å². The maximum absolute atomic E-state index is 5.91. The molecule has 21 heavy (non-hydrogen) atoms. The minimum atomic E-state index is 0.163. The summed E-state index contributed by atoms with van der Waals surface area (Å²) in [5.74, 6) is 0.899. The van der Waals surface area contributed by atoms with E-state index in [-0.39, 0.29) is 5.28 Å². The van der Waals surface area contributed by atoms with Crippen molar-refractivity contribution in [2.45, 2.75) is 13.3 Å². The number of aromatic nitrogens is 3. The number of hydrogen-bond donors (Lipinski definition) is 2. The van der Waals surface area contributed by atoms with Gasteiger partial charge in [0.25, 0.3) is 0 Å². The van der Waals surface area contributed by atoms with E-state index in [0.717, 1.165) is 24.3 Å². The Hall–Kier alpha value is -2.08. The molecule has 1 aromatic carbocycles. The summed E-state index contributed by atoms with van der Waals surface area (Å²) in [6, 6.07) is 7.96. The third-order valence-electron chi connectivity index (χ3n) is 2.78. The van der Waals surface area contributed by atoms with E-state index in [1.807, 2.05) is 43.3 Å². The van der Waals surface area contributed by atoms with Crippen LogP contribution in [0, 0.1) is 0 Å². The van der Waals surface area contributed by atoms with E-state index >= 15 is 0 Å². The van der Waals surface area contributed by atoms with Crippen LogP contribution in [0.3, 0.4) is 0 Å². The molecule has 0 saturated carbocycles. The molecule has 112 valence electrons. The van der Waals surface area contributed by atoms with Crippen LogP contribution in [-0.4, -0.2) is 35.6 Å². The van der Waals surface area contributed by atoms with E-state index in [1.165, 1.54) is 0 Å². The maximum atomic E-state index is 5.91. The monoisotopic (exact) mass is 306 g/mol. The molecular formula is C14H19ClN6. The van der Waals surface area contributed by atoms with Gasteiger partial charge < -0.3 is 15.5 Å². The topological polar surface area (TPSA) is 66.0 Å². The lowest BCUT2D eigenvalue weighted by Crippen LogP contribution is -2.09. The molecule has 2 N–H and O–H groups in total. The highest BCUT2D eigenvalue weighted by Gasteiger charge is 2.05. The first-order chi connectivity index (χ1) is 10.1. The molecular weight excluding hydrogens is 288 g/mol. The second-order valence-corrected chi connectivity index (χ2v) is 5.08. The predicted molar refractivity (Wildman–Crippen MR) is 87.7 cm³/mol. The van der Waals surface area contributed by atoms with E-state index < -0.39 is 0 Å². The summed E-state index contributed by atoms with van der Waals surface area (Å²) in [7, 11) is 4.00. The maximum Gasteiger partial charge on any atom is 0.233 e. The number of benzene rings is 1. The van der Waals surface area contributed by atoms with Crippen molar-refractivity contribution in [3.8, 4) is 0 Å². The summed E-state index contributed by atoms with van der Waals surface area (Å²) in [5.41, 5.74) is 2.02. The van der Waals surface area contributed by atoms with Gasteiger partial charge in [-0.15, -0.1) is 0 Å².